The van der Waals surface area contributed by atoms with Crippen molar-refractivity contribution < 1.29 is 35.7 Å². The van der Waals surface area contributed by atoms with Gasteiger partial charge in [0, 0.05) is 7.11 Å². The highest BCUT2D eigenvalue weighted by Gasteiger charge is 2.58. The quantitative estimate of drug-likeness (QED) is 0.642. The van der Waals surface area contributed by atoms with Gasteiger partial charge >= 0.3 is 10.4 Å². The lowest BCUT2D eigenvalue weighted by Gasteiger charge is -2.42. The van der Waals surface area contributed by atoms with E-state index in [1.165, 1.54) is 7.11 Å². The standard InChI is InChI=1S/C10H16O8S/c1-10(2)16-7-6-5(4-14-19(11,12)18-6)15-9(13-3)8(7)17-10/h5-9H,4H2,1-3H3/t5?,6-,7-,8?,9+/m0/s1. The van der Waals surface area contributed by atoms with E-state index in [-0.39, 0.29) is 6.61 Å². The molecule has 0 N–H and O–H groups in total. The van der Waals surface area contributed by atoms with E-state index in [0.29, 0.717) is 0 Å². The van der Waals surface area contributed by atoms with Gasteiger partial charge in [-0.3, -0.25) is 0 Å². The van der Waals surface area contributed by atoms with E-state index in [4.69, 9.17) is 23.1 Å². The number of ether oxygens (including phenoxy) is 4. The molecule has 3 rings (SSSR count). The molecular weight excluding hydrogens is 280 g/mol. The van der Waals surface area contributed by atoms with Crippen molar-refractivity contribution in [2.75, 3.05) is 13.7 Å². The van der Waals surface area contributed by atoms with Crippen LogP contribution in [0.3, 0.4) is 0 Å². The normalized spacial score (nSPS) is 47.4. The maximum atomic E-state index is 11.4. The Morgan fingerprint density at radius 3 is 2.53 bits per heavy atom. The van der Waals surface area contributed by atoms with E-state index in [1.807, 2.05) is 0 Å². The fraction of sp³-hybridized carbons (Fsp3) is 1.00. The van der Waals surface area contributed by atoms with Crippen LogP contribution in [0.4, 0.5) is 0 Å². The first kappa shape index (κ1) is 13.7. The smallest absolute Gasteiger partial charge is 0.353 e. The van der Waals surface area contributed by atoms with Gasteiger partial charge in [0.1, 0.15) is 24.4 Å². The van der Waals surface area contributed by atoms with Crippen LogP contribution in [0.5, 0.6) is 0 Å². The molecule has 0 aromatic rings. The van der Waals surface area contributed by atoms with E-state index < -0.39 is 46.9 Å². The zero-order chi connectivity index (χ0) is 13.8. The summed E-state index contributed by atoms with van der Waals surface area (Å²) in [7, 11) is -2.53. The highest BCUT2D eigenvalue weighted by molar-refractivity contribution is 7.81. The third-order valence-electron chi connectivity index (χ3n) is 3.27. The van der Waals surface area contributed by atoms with Gasteiger partial charge in [-0.15, -0.1) is 0 Å². The van der Waals surface area contributed by atoms with E-state index in [1.54, 1.807) is 13.8 Å². The molecule has 0 aliphatic carbocycles. The van der Waals surface area contributed by atoms with Crippen LogP contribution in [0, 0.1) is 0 Å². The maximum Gasteiger partial charge on any atom is 0.400 e. The fourth-order valence-corrected chi connectivity index (χ4v) is 3.44. The monoisotopic (exact) mass is 296 g/mol. The van der Waals surface area contributed by atoms with Crippen LogP contribution in [0.15, 0.2) is 0 Å². The molecule has 3 aliphatic heterocycles. The lowest BCUT2D eigenvalue weighted by atomic mass is 9.99. The molecule has 9 heteroatoms. The summed E-state index contributed by atoms with van der Waals surface area (Å²) in [5, 5.41) is 0. The zero-order valence-electron chi connectivity index (χ0n) is 10.8. The Kier molecular flexibility index (Phi) is 3.13. The number of hydrogen-bond donors (Lipinski definition) is 0. The zero-order valence-corrected chi connectivity index (χ0v) is 11.6. The maximum absolute atomic E-state index is 11.4. The predicted octanol–water partition coefficient (Wildman–Crippen LogP) is -0.462. The second kappa shape index (κ2) is 4.35. The Hall–Kier alpha value is -0.290. The van der Waals surface area contributed by atoms with Gasteiger partial charge in [-0.25, -0.2) is 8.37 Å². The van der Waals surface area contributed by atoms with Gasteiger partial charge in [0.05, 0.1) is 6.61 Å². The first-order chi connectivity index (χ1) is 8.81. The van der Waals surface area contributed by atoms with Crippen LogP contribution in [0.2, 0.25) is 0 Å². The second-order valence-electron chi connectivity index (χ2n) is 5.10. The van der Waals surface area contributed by atoms with Gasteiger partial charge in [-0.2, -0.15) is 8.42 Å². The fourth-order valence-electron chi connectivity index (χ4n) is 2.58. The Morgan fingerprint density at radius 2 is 1.84 bits per heavy atom. The van der Waals surface area contributed by atoms with Crippen LogP contribution >= 0.6 is 0 Å². The number of rotatable bonds is 1. The molecule has 0 radical (unpaired) electrons. The summed E-state index contributed by atoms with van der Waals surface area (Å²) in [4.78, 5) is 0. The molecule has 0 bridgehead atoms. The van der Waals surface area contributed by atoms with E-state index in [2.05, 4.69) is 4.18 Å². The number of hydrogen-bond acceptors (Lipinski definition) is 8. The van der Waals surface area contributed by atoms with Crippen LogP contribution in [-0.4, -0.2) is 58.6 Å². The first-order valence-corrected chi connectivity index (χ1v) is 7.26. The predicted molar refractivity (Wildman–Crippen MR) is 59.2 cm³/mol. The molecule has 3 aliphatic rings. The molecule has 2 unspecified atom stereocenters. The Labute approximate surface area is 111 Å². The first-order valence-electron chi connectivity index (χ1n) is 5.93. The molecule has 19 heavy (non-hydrogen) atoms. The molecular formula is C10H16O8S. The molecule has 8 nitrogen and oxygen atoms in total. The van der Waals surface area contributed by atoms with Crippen molar-refractivity contribution in [2.24, 2.45) is 0 Å². The highest BCUT2D eigenvalue weighted by Crippen LogP contribution is 2.40. The van der Waals surface area contributed by atoms with Crippen LogP contribution in [0.25, 0.3) is 0 Å². The van der Waals surface area contributed by atoms with Crippen molar-refractivity contribution in [3.8, 4) is 0 Å². The lowest BCUT2D eigenvalue weighted by molar-refractivity contribution is -0.273. The number of methoxy groups -OCH3 is 1. The summed E-state index contributed by atoms with van der Waals surface area (Å²) < 4.78 is 54.5. The SMILES string of the molecule is CO[C@@H]1OC2COS(=O)(=O)O[C@@H]2[C@@H]2OC(C)(C)OC12. The third kappa shape index (κ3) is 2.40. The molecule has 3 saturated heterocycles. The Bertz CT molecular complexity index is 460. The molecule has 3 heterocycles. The molecule has 0 spiro atoms. The largest absolute Gasteiger partial charge is 0.400 e. The van der Waals surface area contributed by atoms with Gasteiger partial charge in [0.25, 0.3) is 0 Å². The molecule has 5 atom stereocenters. The summed E-state index contributed by atoms with van der Waals surface area (Å²) in [6.07, 6.45) is -3.16. The van der Waals surface area contributed by atoms with Crippen molar-refractivity contribution >= 4 is 10.4 Å². The second-order valence-corrected chi connectivity index (χ2v) is 6.34. The average molecular weight is 296 g/mol. The molecule has 0 saturated carbocycles. The summed E-state index contributed by atoms with van der Waals surface area (Å²) in [6, 6.07) is 0. The molecule has 0 aromatic carbocycles. The Balaban J connectivity index is 1.89. The molecule has 0 aromatic heterocycles. The third-order valence-corrected chi connectivity index (χ3v) is 4.15. The van der Waals surface area contributed by atoms with E-state index in [0.717, 1.165) is 0 Å². The molecule has 0 amide bonds. The average Bonchev–Trinajstić information content (AvgIpc) is 2.63. The number of fused-ring (bicyclic) bond motifs is 3. The lowest BCUT2D eigenvalue weighted by Crippen LogP contribution is -2.61. The Morgan fingerprint density at radius 1 is 1.16 bits per heavy atom. The van der Waals surface area contributed by atoms with E-state index in [9.17, 15) is 8.42 Å². The van der Waals surface area contributed by atoms with Crippen molar-refractivity contribution in [3.63, 3.8) is 0 Å². The molecule has 110 valence electrons. The summed E-state index contributed by atoms with van der Waals surface area (Å²) in [5.74, 6) is -0.851. The van der Waals surface area contributed by atoms with Crippen LogP contribution < -0.4 is 0 Å². The van der Waals surface area contributed by atoms with Crippen molar-refractivity contribution in [1.82, 2.24) is 0 Å². The van der Waals surface area contributed by atoms with Crippen molar-refractivity contribution in [3.05, 3.63) is 0 Å². The minimum Gasteiger partial charge on any atom is -0.353 e. The highest BCUT2D eigenvalue weighted by atomic mass is 32.3. The van der Waals surface area contributed by atoms with Crippen molar-refractivity contribution in [2.45, 2.75) is 50.3 Å². The van der Waals surface area contributed by atoms with E-state index >= 15 is 0 Å². The van der Waals surface area contributed by atoms with Gasteiger partial charge in [0.2, 0.25) is 0 Å². The topological polar surface area (TPSA) is 89.5 Å². The van der Waals surface area contributed by atoms with Crippen LogP contribution in [-0.2, 0) is 37.7 Å². The van der Waals surface area contributed by atoms with Gasteiger partial charge in [-0.1, -0.05) is 0 Å². The van der Waals surface area contributed by atoms with Gasteiger partial charge < -0.3 is 18.9 Å². The summed E-state index contributed by atoms with van der Waals surface area (Å²) >= 11 is 0. The van der Waals surface area contributed by atoms with Crippen molar-refractivity contribution in [1.29, 1.82) is 0 Å². The minimum atomic E-state index is -4.01. The summed E-state index contributed by atoms with van der Waals surface area (Å²) in [6.45, 7) is 3.35. The van der Waals surface area contributed by atoms with Gasteiger partial charge in [-0.05, 0) is 13.8 Å². The van der Waals surface area contributed by atoms with Crippen LogP contribution in [0.1, 0.15) is 13.8 Å². The minimum absolute atomic E-state index is 0.125. The summed E-state index contributed by atoms with van der Waals surface area (Å²) in [5.41, 5.74) is 0. The molecule has 3 fully saturated rings. The van der Waals surface area contributed by atoms with Gasteiger partial charge in [0.15, 0.2) is 12.1 Å².